The predicted molar refractivity (Wildman–Crippen MR) is 75.1 cm³/mol. The zero-order chi connectivity index (χ0) is 15.1. The molecule has 0 fully saturated rings. The number of carbonyl (C=O) groups excluding carboxylic acids is 2. The van der Waals surface area contributed by atoms with Crippen molar-refractivity contribution in [1.82, 2.24) is 10.9 Å². The minimum absolute atomic E-state index is 0.254. The van der Waals surface area contributed by atoms with Crippen molar-refractivity contribution in [3.05, 3.63) is 22.7 Å². The molecule has 0 saturated heterocycles. The van der Waals surface area contributed by atoms with Crippen LogP contribution in [0, 0.1) is 0 Å². The van der Waals surface area contributed by atoms with Gasteiger partial charge in [-0.2, -0.15) is 0 Å². The average Bonchev–Trinajstić information content (AvgIpc) is 2.42. The summed E-state index contributed by atoms with van der Waals surface area (Å²) in [5.41, 5.74) is 4.70. The Labute approximate surface area is 122 Å². The fraction of sp³-hybridized carbons (Fsp3) is 0.385. The van der Waals surface area contributed by atoms with E-state index in [-0.39, 0.29) is 16.5 Å². The highest BCUT2D eigenvalue weighted by Crippen LogP contribution is 2.36. The maximum Gasteiger partial charge on any atom is 0.269 e. The molecule has 110 valence electrons. The summed E-state index contributed by atoms with van der Waals surface area (Å²) in [6, 6.07) is 2.94. The molecule has 0 heterocycles. The van der Waals surface area contributed by atoms with E-state index >= 15 is 0 Å². The maximum absolute atomic E-state index is 11.8. The third kappa shape index (κ3) is 4.31. The van der Waals surface area contributed by atoms with Crippen LogP contribution in [-0.4, -0.2) is 25.5 Å². The van der Waals surface area contributed by atoms with Crippen LogP contribution >= 0.6 is 11.6 Å². The van der Waals surface area contributed by atoms with Gasteiger partial charge in [-0.05, 0) is 18.6 Å². The van der Waals surface area contributed by atoms with Crippen LogP contribution in [0.5, 0.6) is 11.5 Å². The lowest BCUT2D eigenvalue weighted by Crippen LogP contribution is -2.40. The van der Waals surface area contributed by atoms with Gasteiger partial charge in [-0.3, -0.25) is 20.4 Å². The van der Waals surface area contributed by atoms with Crippen LogP contribution in [0.2, 0.25) is 5.02 Å². The number of halogens is 1. The molecule has 0 aliphatic carbocycles. The number of benzene rings is 1. The second-order valence-corrected chi connectivity index (χ2v) is 4.38. The van der Waals surface area contributed by atoms with Crippen LogP contribution < -0.4 is 20.3 Å². The van der Waals surface area contributed by atoms with Crippen molar-refractivity contribution in [2.75, 3.05) is 13.7 Å². The van der Waals surface area contributed by atoms with E-state index in [1.807, 2.05) is 6.92 Å². The van der Waals surface area contributed by atoms with Gasteiger partial charge in [-0.1, -0.05) is 18.5 Å². The van der Waals surface area contributed by atoms with Gasteiger partial charge < -0.3 is 9.47 Å². The Bertz CT molecular complexity index is 505. The first kappa shape index (κ1) is 16.1. The summed E-state index contributed by atoms with van der Waals surface area (Å²) in [7, 11) is 1.46. The summed E-state index contributed by atoms with van der Waals surface area (Å²) < 4.78 is 10.6. The third-order valence-electron chi connectivity index (χ3n) is 2.29. The molecule has 0 aliphatic rings. The second-order valence-electron chi connectivity index (χ2n) is 3.97. The Morgan fingerprint density at radius 1 is 1.30 bits per heavy atom. The molecule has 1 aromatic carbocycles. The van der Waals surface area contributed by atoms with Crippen LogP contribution in [0.4, 0.5) is 0 Å². The van der Waals surface area contributed by atoms with Crippen LogP contribution in [0.1, 0.15) is 30.6 Å². The Balaban J connectivity index is 2.97. The number of rotatable bonds is 5. The Morgan fingerprint density at radius 3 is 2.55 bits per heavy atom. The lowest BCUT2D eigenvalue weighted by atomic mass is 10.2. The third-order valence-corrected chi connectivity index (χ3v) is 2.57. The van der Waals surface area contributed by atoms with Crippen molar-refractivity contribution in [1.29, 1.82) is 0 Å². The van der Waals surface area contributed by atoms with Gasteiger partial charge in [-0.25, -0.2) is 0 Å². The van der Waals surface area contributed by atoms with Gasteiger partial charge in [0.1, 0.15) is 0 Å². The summed E-state index contributed by atoms with van der Waals surface area (Å²) in [5.74, 6) is -0.118. The number of carbonyl (C=O) groups is 2. The molecule has 0 aliphatic heterocycles. The predicted octanol–water partition coefficient (Wildman–Crippen LogP) is 1.92. The Kier molecular flexibility index (Phi) is 6.11. The average molecular weight is 301 g/mol. The van der Waals surface area contributed by atoms with E-state index in [1.165, 1.54) is 26.2 Å². The number of nitrogens with one attached hydrogen (secondary N) is 2. The Morgan fingerprint density at radius 2 is 2.00 bits per heavy atom. The number of methoxy groups -OCH3 is 1. The SMILES string of the molecule is CCCOc1c(Cl)cc(C(=O)NNC(C)=O)cc1OC. The number of hydrogen-bond donors (Lipinski definition) is 2. The van der Waals surface area contributed by atoms with E-state index in [4.69, 9.17) is 21.1 Å². The van der Waals surface area contributed by atoms with Gasteiger partial charge in [0, 0.05) is 12.5 Å². The van der Waals surface area contributed by atoms with Crippen LogP contribution in [0.3, 0.4) is 0 Å². The summed E-state index contributed by atoms with van der Waals surface area (Å²) >= 11 is 6.08. The number of ether oxygens (including phenoxy) is 2. The van der Waals surface area contributed by atoms with Gasteiger partial charge >= 0.3 is 0 Å². The van der Waals surface area contributed by atoms with Crippen molar-refractivity contribution in [2.45, 2.75) is 20.3 Å². The molecule has 0 bridgehead atoms. The molecule has 0 radical (unpaired) electrons. The molecular weight excluding hydrogens is 284 g/mol. The molecule has 1 rings (SSSR count). The van der Waals surface area contributed by atoms with Crippen molar-refractivity contribution in [2.24, 2.45) is 0 Å². The number of amides is 2. The smallest absolute Gasteiger partial charge is 0.269 e. The minimum atomic E-state index is -0.498. The van der Waals surface area contributed by atoms with Crippen LogP contribution in [-0.2, 0) is 4.79 Å². The minimum Gasteiger partial charge on any atom is -0.493 e. The Hall–Kier alpha value is -1.95. The highest BCUT2D eigenvalue weighted by atomic mass is 35.5. The standard InChI is InChI=1S/C13H17ClN2O4/c1-4-5-20-12-10(14)6-9(7-11(12)19-3)13(18)16-15-8(2)17/h6-7H,4-5H2,1-3H3,(H,15,17)(H,16,18). The van der Waals surface area contributed by atoms with E-state index < -0.39 is 5.91 Å². The van der Waals surface area contributed by atoms with E-state index in [0.717, 1.165) is 6.42 Å². The van der Waals surface area contributed by atoms with E-state index in [0.29, 0.717) is 18.1 Å². The normalized spacial score (nSPS) is 9.80. The summed E-state index contributed by atoms with van der Waals surface area (Å²) in [5, 5.41) is 0.269. The van der Waals surface area contributed by atoms with Crippen LogP contribution in [0.15, 0.2) is 12.1 Å². The van der Waals surface area contributed by atoms with Crippen LogP contribution in [0.25, 0.3) is 0 Å². The second kappa shape index (κ2) is 7.59. The highest BCUT2D eigenvalue weighted by molar-refractivity contribution is 6.32. The largest absolute Gasteiger partial charge is 0.493 e. The molecule has 0 aromatic heterocycles. The molecule has 20 heavy (non-hydrogen) atoms. The molecule has 2 N–H and O–H groups in total. The monoisotopic (exact) mass is 300 g/mol. The van der Waals surface area contributed by atoms with Crippen molar-refractivity contribution in [3.8, 4) is 11.5 Å². The lowest BCUT2D eigenvalue weighted by Gasteiger charge is -2.13. The van der Waals surface area contributed by atoms with Crippen molar-refractivity contribution >= 4 is 23.4 Å². The van der Waals surface area contributed by atoms with E-state index in [1.54, 1.807) is 0 Å². The van der Waals surface area contributed by atoms with Gasteiger partial charge in [0.05, 0.1) is 18.7 Å². The van der Waals surface area contributed by atoms with E-state index in [2.05, 4.69) is 10.9 Å². The first-order valence-corrected chi connectivity index (χ1v) is 6.44. The molecule has 2 amide bonds. The molecule has 0 saturated carbocycles. The first-order valence-electron chi connectivity index (χ1n) is 6.06. The van der Waals surface area contributed by atoms with Crippen molar-refractivity contribution < 1.29 is 19.1 Å². The molecule has 0 atom stereocenters. The summed E-state index contributed by atoms with van der Waals surface area (Å²) in [4.78, 5) is 22.6. The maximum atomic E-state index is 11.8. The molecule has 6 nitrogen and oxygen atoms in total. The fourth-order valence-corrected chi connectivity index (χ4v) is 1.68. The molecular formula is C13H17ClN2O4. The molecule has 7 heteroatoms. The lowest BCUT2D eigenvalue weighted by molar-refractivity contribution is -0.119. The molecule has 1 aromatic rings. The topological polar surface area (TPSA) is 76.7 Å². The van der Waals surface area contributed by atoms with Crippen molar-refractivity contribution in [3.63, 3.8) is 0 Å². The zero-order valence-electron chi connectivity index (χ0n) is 11.6. The first-order chi connectivity index (χ1) is 9.49. The highest BCUT2D eigenvalue weighted by Gasteiger charge is 2.15. The molecule has 0 unspecified atom stereocenters. The zero-order valence-corrected chi connectivity index (χ0v) is 12.3. The van der Waals surface area contributed by atoms with Gasteiger partial charge in [0.25, 0.3) is 5.91 Å². The van der Waals surface area contributed by atoms with Gasteiger partial charge in [0.2, 0.25) is 5.91 Å². The molecule has 0 spiro atoms. The number of hydrogen-bond acceptors (Lipinski definition) is 4. The summed E-state index contributed by atoms with van der Waals surface area (Å²) in [6.07, 6.45) is 0.824. The van der Waals surface area contributed by atoms with E-state index in [9.17, 15) is 9.59 Å². The van der Waals surface area contributed by atoms with Gasteiger partial charge in [0.15, 0.2) is 11.5 Å². The summed E-state index contributed by atoms with van der Waals surface area (Å²) in [6.45, 7) is 3.75. The van der Waals surface area contributed by atoms with Gasteiger partial charge in [-0.15, -0.1) is 0 Å². The quantitative estimate of drug-likeness (QED) is 0.815. The number of hydrazine groups is 1. The fourth-order valence-electron chi connectivity index (χ4n) is 1.41.